The average molecular weight is 468 g/mol. The summed E-state index contributed by atoms with van der Waals surface area (Å²) in [5.74, 6) is -0.0598. The summed E-state index contributed by atoms with van der Waals surface area (Å²) in [5, 5.41) is 11.0. The van der Waals surface area contributed by atoms with Crippen LogP contribution in [0.3, 0.4) is 0 Å². The van der Waals surface area contributed by atoms with Gasteiger partial charge in [-0.05, 0) is 18.6 Å². The third-order valence-electron chi connectivity index (χ3n) is 5.14. The van der Waals surface area contributed by atoms with E-state index in [1.54, 1.807) is 4.90 Å². The maximum atomic E-state index is 12.7. The molecule has 8 nitrogen and oxygen atoms in total. The van der Waals surface area contributed by atoms with E-state index in [1.165, 1.54) is 16.9 Å². The molecule has 0 spiro atoms. The number of amides is 1. The third kappa shape index (κ3) is 5.20. The Labute approximate surface area is 183 Å². The number of hydrogen-bond acceptors (Lipinski definition) is 6. The molecule has 166 valence electrons. The van der Waals surface area contributed by atoms with Gasteiger partial charge in [0.25, 0.3) is 5.91 Å². The number of rotatable bonds is 3. The molecule has 1 amide bonds. The van der Waals surface area contributed by atoms with E-state index < -0.39 is 11.7 Å². The van der Waals surface area contributed by atoms with E-state index in [0.717, 1.165) is 44.9 Å². The third-order valence-corrected chi connectivity index (χ3v) is 5.14. The van der Waals surface area contributed by atoms with Gasteiger partial charge in [0.15, 0.2) is 11.5 Å². The van der Waals surface area contributed by atoms with Crippen molar-refractivity contribution in [2.24, 2.45) is 0 Å². The van der Waals surface area contributed by atoms with Crippen LogP contribution in [0.15, 0.2) is 24.5 Å². The second kappa shape index (κ2) is 9.90. The van der Waals surface area contributed by atoms with Crippen LogP contribution in [-0.2, 0) is 6.18 Å². The molecule has 2 aliphatic rings. The molecule has 2 aliphatic heterocycles. The van der Waals surface area contributed by atoms with E-state index in [-0.39, 0.29) is 42.2 Å². The first-order chi connectivity index (χ1) is 13.4. The molecule has 0 bridgehead atoms. The number of halogens is 5. The zero-order chi connectivity index (χ0) is 19.7. The highest BCUT2D eigenvalue weighted by atomic mass is 35.5. The van der Waals surface area contributed by atoms with Gasteiger partial charge in [-0.25, -0.2) is 9.67 Å². The van der Waals surface area contributed by atoms with E-state index in [0.29, 0.717) is 19.1 Å². The molecule has 4 rings (SSSR count). The monoisotopic (exact) mass is 467 g/mol. The number of likely N-dealkylation sites (tertiary alicyclic amines) is 1. The van der Waals surface area contributed by atoms with Gasteiger partial charge in [0.1, 0.15) is 0 Å². The van der Waals surface area contributed by atoms with E-state index >= 15 is 0 Å². The smallest absolute Gasteiger partial charge is 0.336 e. The molecular formula is C17H22Cl2F3N7O. The van der Waals surface area contributed by atoms with Crippen molar-refractivity contribution >= 4 is 30.7 Å². The molecule has 0 saturated carbocycles. The number of carbonyl (C=O) groups excluding carboxylic acids is 1. The standard InChI is InChI=1S/C17H20F3N7O.2ClH/c18-17(19,20)12-1-2-15(22-9-12)27-11-14(23-24-27)16(28)26-6-3-13(10-26)25-7-4-21-5-8-25;;/h1-2,9,11,13,21H,3-8,10H2;2*1H. The molecule has 1 atom stereocenters. The van der Waals surface area contributed by atoms with Gasteiger partial charge in [-0.15, -0.1) is 29.9 Å². The van der Waals surface area contributed by atoms with Gasteiger partial charge in [-0.2, -0.15) is 13.2 Å². The van der Waals surface area contributed by atoms with Crippen molar-refractivity contribution in [2.45, 2.75) is 18.6 Å². The van der Waals surface area contributed by atoms with Gasteiger partial charge in [0.05, 0.1) is 11.8 Å². The van der Waals surface area contributed by atoms with Crippen LogP contribution < -0.4 is 5.32 Å². The lowest BCUT2D eigenvalue weighted by molar-refractivity contribution is -0.137. The van der Waals surface area contributed by atoms with Crippen LogP contribution in [0.2, 0.25) is 0 Å². The fourth-order valence-corrected chi connectivity index (χ4v) is 3.60. The van der Waals surface area contributed by atoms with Crippen molar-refractivity contribution in [2.75, 3.05) is 39.3 Å². The first-order valence-corrected chi connectivity index (χ1v) is 9.12. The van der Waals surface area contributed by atoms with Crippen LogP contribution in [0, 0.1) is 0 Å². The van der Waals surface area contributed by atoms with Crippen LogP contribution in [0.1, 0.15) is 22.5 Å². The van der Waals surface area contributed by atoms with Crippen LogP contribution in [0.4, 0.5) is 13.2 Å². The summed E-state index contributed by atoms with van der Waals surface area (Å²) in [4.78, 5) is 20.6. The summed E-state index contributed by atoms with van der Waals surface area (Å²) < 4.78 is 39.1. The Morgan fingerprint density at radius 1 is 1.13 bits per heavy atom. The van der Waals surface area contributed by atoms with E-state index in [9.17, 15) is 18.0 Å². The van der Waals surface area contributed by atoms with E-state index in [2.05, 4.69) is 25.5 Å². The predicted octanol–water partition coefficient (Wildman–Crippen LogP) is 1.64. The van der Waals surface area contributed by atoms with Gasteiger partial charge >= 0.3 is 6.18 Å². The summed E-state index contributed by atoms with van der Waals surface area (Å²) in [6.07, 6.45) is -1.40. The van der Waals surface area contributed by atoms with Crippen LogP contribution in [0.25, 0.3) is 5.82 Å². The van der Waals surface area contributed by atoms with Crippen molar-refractivity contribution in [3.8, 4) is 5.82 Å². The van der Waals surface area contributed by atoms with Crippen LogP contribution in [-0.4, -0.2) is 81.0 Å². The quantitative estimate of drug-likeness (QED) is 0.739. The topological polar surface area (TPSA) is 79.2 Å². The largest absolute Gasteiger partial charge is 0.417 e. The molecule has 0 radical (unpaired) electrons. The van der Waals surface area contributed by atoms with Crippen LogP contribution in [0.5, 0.6) is 0 Å². The highest BCUT2D eigenvalue weighted by Crippen LogP contribution is 2.28. The zero-order valence-electron chi connectivity index (χ0n) is 15.9. The second-order valence-electron chi connectivity index (χ2n) is 6.93. The molecule has 13 heteroatoms. The Kier molecular flexibility index (Phi) is 8.03. The number of piperazine rings is 1. The van der Waals surface area contributed by atoms with E-state index in [4.69, 9.17) is 0 Å². The Morgan fingerprint density at radius 3 is 2.50 bits per heavy atom. The fourth-order valence-electron chi connectivity index (χ4n) is 3.60. The lowest BCUT2D eigenvalue weighted by atomic mass is 10.2. The maximum absolute atomic E-state index is 12.7. The van der Waals surface area contributed by atoms with Gasteiger partial charge in [-0.1, -0.05) is 5.21 Å². The molecule has 1 N–H and O–H groups in total. The average Bonchev–Trinajstić information content (AvgIpc) is 3.38. The lowest BCUT2D eigenvalue weighted by Gasteiger charge is -2.32. The summed E-state index contributed by atoms with van der Waals surface area (Å²) in [6, 6.07) is 2.46. The number of alkyl halides is 3. The SMILES string of the molecule is Cl.Cl.O=C(c1cn(-c2ccc(C(F)(F)F)cn2)nn1)N1CCC(N2CCNCC2)C1. The Hall–Kier alpha value is -1.95. The molecule has 2 aromatic rings. The Morgan fingerprint density at radius 2 is 1.87 bits per heavy atom. The minimum absolute atomic E-state index is 0. The minimum atomic E-state index is -4.45. The summed E-state index contributed by atoms with van der Waals surface area (Å²) in [6.45, 7) is 5.16. The van der Waals surface area contributed by atoms with Crippen molar-refractivity contribution in [1.82, 2.24) is 35.1 Å². The number of nitrogens with one attached hydrogen (secondary N) is 1. The van der Waals surface area contributed by atoms with Gasteiger partial charge < -0.3 is 10.2 Å². The Bertz CT molecular complexity index is 841. The molecular weight excluding hydrogens is 446 g/mol. The highest BCUT2D eigenvalue weighted by molar-refractivity contribution is 5.92. The van der Waals surface area contributed by atoms with Gasteiger partial charge in [0.2, 0.25) is 0 Å². The number of pyridine rings is 1. The van der Waals surface area contributed by atoms with Gasteiger partial charge in [-0.3, -0.25) is 9.69 Å². The molecule has 0 aromatic carbocycles. The van der Waals surface area contributed by atoms with Gasteiger partial charge in [0, 0.05) is 51.5 Å². The first-order valence-electron chi connectivity index (χ1n) is 9.12. The molecule has 0 aliphatic carbocycles. The first kappa shape index (κ1) is 24.3. The summed E-state index contributed by atoms with van der Waals surface area (Å²) >= 11 is 0. The van der Waals surface area contributed by atoms with Crippen molar-refractivity contribution < 1.29 is 18.0 Å². The van der Waals surface area contributed by atoms with Crippen molar-refractivity contribution in [1.29, 1.82) is 0 Å². The van der Waals surface area contributed by atoms with Crippen molar-refractivity contribution in [3.63, 3.8) is 0 Å². The number of aromatic nitrogens is 4. The van der Waals surface area contributed by atoms with E-state index in [1.807, 2.05) is 0 Å². The number of carbonyl (C=O) groups is 1. The maximum Gasteiger partial charge on any atom is 0.417 e. The van der Waals surface area contributed by atoms with Crippen LogP contribution >= 0.6 is 24.8 Å². The summed E-state index contributed by atoms with van der Waals surface area (Å²) in [7, 11) is 0. The molecule has 2 aromatic heterocycles. The molecule has 2 fully saturated rings. The molecule has 1 unspecified atom stereocenters. The lowest BCUT2D eigenvalue weighted by Crippen LogP contribution is -2.49. The van der Waals surface area contributed by atoms with Crippen molar-refractivity contribution in [3.05, 3.63) is 35.8 Å². The molecule has 30 heavy (non-hydrogen) atoms. The number of hydrogen-bond donors (Lipinski definition) is 1. The summed E-state index contributed by atoms with van der Waals surface area (Å²) in [5.41, 5.74) is -0.689. The predicted molar refractivity (Wildman–Crippen MR) is 107 cm³/mol. The Balaban J connectivity index is 0.00000160. The minimum Gasteiger partial charge on any atom is -0.336 e. The normalized spacial score (nSPS) is 19.8. The molecule has 2 saturated heterocycles. The zero-order valence-corrected chi connectivity index (χ0v) is 17.5. The number of nitrogens with zero attached hydrogens (tertiary/aromatic N) is 6. The second-order valence-corrected chi connectivity index (χ2v) is 6.93. The highest BCUT2D eigenvalue weighted by Gasteiger charge is 2.33. The molecule has 4 heterocycles. The fraction of sp³-hybridized carbons (Fsp3) is 0.529.